The van der Waals surface area contributed by atoms with E-state index in [4.69, 9.17) is 21.4 Å². The number of H-pyrrole nitrogens is 1. The van der Waals surface area contributed by atoms with Gasteiger partial charge in [0.05, 0.1) is 23.4 Å². The van der Waals surface area contributed by atoms with Gasteiger partial charge in [0.1, 0.15) is 5.82 Å². The number of nitrogens with zero attached hydrogens (tertiary/aromatic N) is 2. The van der Waals surface area contributed by atoms with Crippen molar-refractivity contribution in [2.75, 3.05) is 25.1 Å². The molecule has 10 heteroatoms. The summed E-state index contributed by atoms with van der Waals surface area (Å²) in [5.41, 5.74) is 1.03. The van der Waals surface area contributed by atoms with E-state index < -0.39 is 11.8 Å². The number of piperidine rings is 1. The van der Waals surface area contributed by atoms with Crippen molar-refractivity contribution < 1.29 is 23.8 Å². The van der Waals surface area contributed by atoms with Gasteiger partial charge in [-0.3, -0.25) is 4.79 Å². The van der Waals surface area contributed by atoms with E-state index in [-0.39, 0.29) is 34.6 Å². The predicted molar refractivity (Wildman–Crippen MR) is 105 cm³/mol. The Bertz CT molecular complexity index is 920. The Morgan fingerprint density at radius 1 is 1.45 bits per heavy atom. The monoisotopic (exact) mass is 424 g/mol. The van der Waals surface area contributed by atoms with Crippen LogP contribution in [0.15, 0.2) is 18.2 Å². The SMILES string of the molecule is CCc1[nH]c(C(=O)N[C@@H]2CCN(c3cc(F)cc(C(=O)O)c3)C[C@@H]2OC)nc1Cl. The van der Waals surface area contributed by atoms with Crippen molar-refractivity contribution in [2.24, 2.45) is 0 Å². The first-order valence-electron chi connectivity index (χ1n) is 9.19. The lowest BCUT2D eigenvalue weighted by Crippen LogP contribution is -2.55. The van der Waals surface area contributed by atoms with Crippen LogP contribution >= 0.6 is 11.6 Å². The fraction of sp³-hybridized carbons (Fsp3) is 0.421. The molecule has 156 valence electrons. The van der Waals surface area contributed by atoms with Gasteiger partial charge in [0.2, 0.25) is 0 Å². The van der Waals surface area contributed by atoms with Crippen molar-refractivity contribution >= 4 is 29.2 Å². The van der Waals surface area contributed by atoms with Gasteiger partial charge >= 0.3 is 5.97 Å². The molecule has 0 radical (unpaired) electrons. The lowest BCUT2D eigenvalue weighted by atomic mass is 10.0. The van der Waals surface area contributed by atoms with Gasteiger partial charge in [0.25, 0.3) is 5.91 Å². The molecule has 1 aliphatic heterocycles. The normalized spacial score (nSPS) is 19.2. The van der Waals surface area contributed by atoms with Crippen LogP contribution in [0.1, 0.15) is 40.0 Å². The highest BCUT2D eigenvalue weighted by atomic mass is 35.5. The molecule has 1 aromatic heterocycles. The van der Waals surface area contributed by atoms with Gasteiger partial charge in [-0.1, -0.05) is 18.5 Å². The van der Waals surface area contributed by atoms with Gasteiger partial charge in [0.15, 0.2) is 11.0 Å². The Balaban J connectivity index is 1.71. The van der Waals surface area contributed by atoms with Crippen molar-refractivity contribution in [3.63, 3.8) is 0 Å². The Kier molecular flexibility index (Phi) is 6.39. The highest BCUT2D eigenvalue weighted by Gasteiger charge is 2.32. The van der Waals surface area contributed by atoms with Gasteiger partial charge < -0.3 is 25.0 Å². The Labute approximate surface area is 172 Å². The molecule has 1 fully saturated rings. The second-order valence-electron chi connectivity index (χ2n) is 6.80. The van der Waals surface area contributed by atoms with Crippen LogP contribution in [-0.4, -0.2) is 59.3 Å². The van der Waals surface area contributed by atoms with Crippen LogP contribution in [0.4, 0.5) is 10.1 Å². The molecular weight excluding hydrogens is 403 g/mol. The molecule has 3 N–H and O–H groups in total. The van der Waals surface area contributed by atoms with Crippen LogP contribution in [0.5, 0.6) is 0 Å². The number of aromatic amines is 1. The molecule has 0 unspecified atom stereocenters. The molecule has 1 saturated heterocycles. The standard InChI is InChI=1S/C19H22ClFN4O4/c1-3-13-16(20)24-17(22-13)18(26)23-14-4-5-25(9-15(14)29-2)12-7-10(19(27)28)6-11(21)8-12/h6-8,14-15H,3-5,9H2,1-2H3,(H,22,24)(H,23,26)(H,27,28)/t14-,15+/m1/s1. The third-order valence-corrected chi connectivity index (χ3v) is 5.28. The smallest absolute Gasteiger partial charge is 0.335 e. The number of carbonyl (C=O) groups is 2. The summed E-state index contributed by atoms with van der Waals surface area (Å²) >= 11 is 6.00. The lowest BCUT2D eigenvalue weighted by Gasteiger charge is -2.39. The maximum absolute atomic E-state index is 13.8. The van der Waals surface area contributed by atoms with Crippen LogP contribution < -0.4 is 10.2 Å². The van der Waals surface area contributed by atoms with Crippen LogP contribution in [-0.2, 0) is 11.2 Å². The zero-order valence-corrected chi connectivity index (χ0v) is 16.8. The molecule has 2 aromatic rings. The van der Waals surface area contributed by atoms with Gasteiger partial charge in [-0.05, 0) is 31.0 Å². The first-order chi connectivity index (χ1) is 13.8. The molecule has 2 atom stereocenters. The number of imidazole rings is 1. The van der Waals surface area contributed by atoms with Crippen LogP contribution in [0.25, 0.3) is 0 Å². The zero-order chi connectivity index (χ0) is 21.1. The second kappa shape index (κ2) is 8.79. The third kappa shape index (κ3) is 4.68. The summed E-state index contributed by atoms with van der Waals surface area (Å²) in [7, 11) is 1.53. The molecule has 3 rings (SSSR count). The quantitative estimate of drug-likeness (QED) is 0.657. The number of nitrogens with one attached hydrogen (secondary N) is 2. The number of aromatic nitrogens is 2. The highest BCUT2D eigenvalue weighted by molar-refractivity contribution is 6.30. The minimum Gasteiger partial charge on any atom is -0.478 e. The van der Waals surface area contributed by atoms with E-state index in [1.165, 1.54) is 19.2 Å². The number of rotatable bonds is 6. The Hall–Kier alpha value is -2.65. The number of methoxy groups -OCH3 is 1. The molecule has 0 bridgehead atoms. The second-order valence-corrected chi connectivity index (χ2v) is 7.16. The molecule has 0 aliphatic carbocycles. The van der Waals surface area contributed by atoms with Crippen LogP contribution in [0, 0.1) is 5.82 Å². The maximum atomic E-state index is 13.8. The Morgan fingerprint density at radius 3 is 2.83 bits per heavy atom. The minimum absolute atomic E-state index is 0.120. The third-order valence-electron chi connectivity index (χ3n) is 4.97. The molecule has 8 nitrogen and oxygen atoms in total. The molecule has 0 spiro atoms. The summed E-state index contributed by atoms with van der Waals surface area (Å²) in [6.07, 6.45) is 0.780. The predicted octanol–water partition coefficient (Wildman–Crippen LogP) is 2.49. The number of aryl methyl sites for hydroxylation is 1. The van der Waals surface area contributed by atoms with Crippen molar-refractivity contribution in [3.05, 3.63) is 46.3 Å². The van der Waals surface area contributed by atoms with E-state index >= 15 is 0 Å². The zero-order valence-electron chi connectivity index (χ0n) is 16.0. The molecule has 2 heterocycles. The number of carboxylic acids is 1. The van der Waals surface area contributed by atoms with E-state index in [9.17, 15) is 14.0 Å². The molecule has 1 amide bonds. The minimum atomic E-state index is -1.19. The molecule has 1 aliphatic rings. The van der Waals surface area contributed by atoms with Crippen molar-refractivity contribution in [1.29, 1.82) is 0 Å². The summed E-state index contributed by atoms with van der Waals surface area (Å²) < 4.78 is 19.3. The van der Waals surface area contributed by atoms with Gasteiger partial charge in [-0.15, -0.1) is 0 Å². The molecule has 1 aromatic carbocycles. The summed E-state index contributed by atoms with van der Waals surface area (Å²) in [6.45, 7) is 2.76. The number of aromatic carboxylic acids is 1. The number of benzene rings is 1. The van der Waals surface area contributed by atoms with Crippen LogP contribution in [0.2, 0.25) is 5.15 Å². The van der Waals surface area contributed by atoms with E-state index in [1.807, 2.05) is 11.8 Å². The average Bonchev–Trinajstić information content (AvgIpc) is 3.08. The number of anilines is 1. The number of amides is 1. The van der Waals surface area contributed by atoms with E-state index in [2.05, 4.69) is 15.3 Å². The maximum Gasteiger partial charge on any atom is 0.335 e. The fourth-order valence-corrected chi connectivity index (χ4v) is 3.67. The number of ether oxygens (including phenoxy) is 1. The summed E-state index contributed by atoms with van der Waals surface area (Å²) in [5.74, 6) is -2.06. The number of hydrogen-bond acceptors (Lipinski definition) is 5. The van der Waals surface area contributed by atoms with E-state index in [0.717, 1.165) is 6.07 Å². The van der Waals surface area contributed by atoms with Crippen molar-refractivity contribution in [1.82, 2.24) is 15.3 Å². The largest absolute Gasteiger partial charge is 0.478 e. The summed E-state index contributed by atoms with van der Waals surface area (Å²) in [5, 5.41) is 12.3. The van der Waals surface area contributed by atoms with Crippen molar-refractivity contribution in [2.45, 2.75) is 31.9 Å². The lowest BCUT2D eigenvalue weighted by molar-refractivity contribution is 0.0538. The number of carboxylic acid groups (broad SMARTS) is 1. The highest BCUT2D eigenvalue weighted by Crippen LogP contribution is 2.24. The van der Waals surface area contributed by atoms with Crippen LogP contribution in [0.3, 0.4) is 0 Å². The first-order valence-corrected chi connectivity index (χ1v) is 9.57. The number of carbonyl (C=O) groups excluding carboxylic acids is 1. The molecule has 29 heavy (non-hydrogen) atoms. The summed E-state index contributed by atoms with van der Waals surface area (Å²) in [6, 6.07) is 3.40. The number of halogens is 2. The Morgan fingerprint density at radius 2 is 2.21 bits per heavy atom. The number of hydrogen-bond donors (Lipinski definition) is 3. The fourth-order valence-electron chi connectivity index (χ4n) is 3.40. The summed E-state index contributed by atoms with van der Waals surface area (Å²) in [4.78, 5) is 32.5. The van der Waals surface area contributed by atoms with Gasteiger partial charge in [-0.25, -0.2) is 14.2 Å². The van der Waals surface area contributed by atoms with E-state index in [0.29, 0.717) is 37.3 Å². The molecule has 0 saturated carbocycles. The first kappa shape index (κ1) is 21.1. The van der Waals surface area contributed by atoms with Crippen molar-refractivity contribution in [3.8, 4) is 0 Å². The van der Waals surface area contributed by atoms with E-state index in [1.54, 1.807) is 0 Å². The average molecular weight is 425 g/mol. The molecular formula is C19H22ClFN4O4. The van der Waals surface area contributed by atoms with Gasteiger partial charge in [0, 0.05) is 25.9 Å². The topological polar surface area (TPSA) is 108 Å². The van der Waals surface area contributed by atoms with Gasteiger partial charge in [-0.2, -0.15) is 0 Å².